The molecule has 0 saturated heterocycles. The molecule has 0 unspecified atom stereocenters. The Morgan fingerprint density at radius 1 is 1.32 bits per heavy atom. The highest BCUT2D eigenvalue weighted by molar-refractivity contribution is 5.90. The molecular weight excluding hydrogens is 303 g/mol. The lowest BCUT2D eigenvalue weighted by Crippen LogP contribution is -2.18. The Hall–Kier alpha value is -2.58. The molecule has 2 aromatic heterocycles. The van der Waals surface area contributed by atoms with Gasteiger partial charge < -0.3 is 9.47 Å². The highest BCUT2D eigenvalue weighted by atomic mass is 19.4. The number of esters is 1. The van der Waals surface area contributed by atoms with Crippen molar-refractivity contribution in [1.82, 2.24) is 14.8 Å². The largest absolute Gasteiger partial charge is 0.481 e. The van der Waals surface area contributed by atoms with E-state index in [2.05, 4.69) is 14.8 Å². The van der Waals surface area contributed by atoms with E-state index < -0.39 is 23.4 Å². The van der Waals surface area contributed by atoms with Crippen LogP contribution in [0, 0.1) is 0 Å². The van der Waals surface area contributed by atoms with Crippen molar-refractivity contribution in [2.75, 3.05) is 13.7 Å². The molecule has 118 valence electrons. The summed E-state index contributed by atoms with van der Waals surface area (Å²) in [6, 6.07) is 2.74. The summed E-state index contributed by atoms with van der Waals surface area (Å²) in [7, 11) is 1.38. The van der Waals surface area contributed by atoms with Crippen LogP contribution < -0.4 is 4.74 Å². The number of aromatic nitrogens is 3. The molecule has 22 heavy (non-hydrogen) atoms. The Labute approximate surface area is 123 Å². The van der Waals surface area contributed by atoms with Gasteiger partial charge >= 0.3 is 12.1 Å². The predicted molar refractivity (Wildman–Crippen MR) is 68.9 cm³/mol. The van der Waals surface area contributed by atoms with Gasteiger partial charge in [-0.3, -0.25) is 0 Å². The molecule has 0 N–H and O–H groups in total. The number of ether oxygens (including phenoxy) is 2. The molecule has 0 aliphatic rings. The first kappa shape index (κ1) is 15.8. The zero-order chi connectivity index (χ0) is 16.3. The predicted octanol–water partition coefficient (Wildman–Crippen LogP) is 2.47. The number of alkyl halides is 3. The van der Waals surface area contributed by atoms with Gasteiger partial charge in [-0.15, -0.1) is 0 Å². The summed E-state index contributed by atoms with van der Waals surface area (Å²) in [5, 5.41) is 3.63. The van der Waals surface area contributed by atoms with Crippen molar-refractivity contribution in [3.8, 4) is 11.6 Å². The molecule has 0 aliphatic carbocycles. The van der Waals surface area contributed by atoms with Gasteiger partial charge in [-0.25, -0.2) is 14.5 Å². The normalized spacial score (nSPS) is 11.3. The van der Waals surface area contributed by atoms with Gasteiger partial charge in [0.15, 0.2) is 5.69 Å². The molecular formula is C13H12F3N3O3. The van der Waals surface area contributed by atoms with Crippen LogP contribution in [0.15, 0.2) is 24.5 Å². The molecule has 0 bridgehead atoms. The molecule has 0 aromatic carbocycles. The van der Waals surface area contributed by atoms with E-state index in [4.69, 9.17) is 4.74 Å². The molecule has 2 aromatic rings. The van der Waals surface area contributed by atoms with Crippen molar-refractivity contribution in [2.24, 2.45) is 0 Å². The van der Waals surface area contributed by atoms with Crippen LogP contribution in [-0.4, -0.2) is 34.5 Å². The fourth-order valence-electron chi connectivity index (χ4n) is 1.79. The average Bonchev–Trinajstić information content (AvgIpc) is 2.92. The fourth-order valence-corrected chi connectivity index (χ4v) is 1.79. The maximum atomic E-state index is 13.3. The van der Waals surface area contributed by atoms with E-state index in [0.717, 1.165) is 12.4 Å². The molecule has 9 heteroatoms. The minimum Gasteiger partial charge on any atom is -0.481 e. The first-order valence-corrected chi connectivity index (χ1v) is 6.21. The summed E-state index contributed by atoms with van der Waals surface area (Å²) in [5.41, 5.74) is -1.81. The number of rotatable bonds is 4. The van der Waals surface area contributed by atoms with Gasteiger partial charge in [0, 0.05) is 6.07 Å². The smallest absolute Gasteiger partial charge is 0.434 e. The number of carbonyl (C=O) groups excluding carboxylic acids is 1. The van der Waals surface area contributed by atoms with Crippen molar-refractivity contribution in [1.29, 1.82) is 0 Å². The first-order chi connectivity index (χ1) is 10.4. The molecule has 0 aliphatic heterocycles. The number of methoxy groups -OCH3 is 1. The molecule has 0 saturated carbocycles. The second-order valence-electron chi connectivity index (χ2n) is 4.10. The number of hydrogen-bond acceptors (Lipinski definition) is 5. The lowest BCUT2D eigenvalue weighted by Gasteiger charge is -2.12. The maximum Gasteiger partial charge on any atom is 0.434 e. The van der Waals surface area contributed by atoms with E-state index in [1.807, 2.05) is 0 Å². The fraction of sp³-hybridized carbons (Fsp3) is 0.308. The zero-order valence-electron chi connectivity index (χ0n) is 11.7. The van der Waals surface area contributed by atoms with Crippen LogP contribution in [0.1, 0.15) is 23.0 Å². The number of carbonyl (C=O) groups is 1. The quantitative estimate of drug-likeness (QED) is 0.811. The van der Waals surface area contributed by atoms with Gasteiger partial charge in [-0.05, 0) is 13.0 Å². The van der Waals surface area contributed by atoms with E-state index in [9.17, 15) is 18.0 Å². The molecule has 0 spiro atoms. The summed E-state index contributed by atoms with van der Waals surface area (Å²) in [4.78, 5) is 15.5. The van der Waals surface area contributed by atoms with Crippen LogP contribution in [-0.2, 0) is 10.9 Å². The van der Waals surface area contributed by atoms with Crippen molar-refractivity contribution in [3.05, 3.63) is 35.8 Å². The summed E-state index contributed by atoms with van der Waals surface area (Å²) >= 11 is 0. The van der Waals surface area contributed by atoms with Crippen molar-refractivity contribution in [3.63, 3.8) is 0 Å². The standard InChI is InChI=1S/C13H12F3N3O3/c1-3-22-12(20)9-7-18-19(11(9)13(14,15)16)8-4-5-10(21-2)17-6-8/h4-7H,3H2,1-2H3. The van der Waals surface area contributed by atoms with Crippen molar-refractivity contribution in [2.45, 2.75) is 13.1 Å². The van der Waals surface area contributed by atoms with Crippen LogP contribution >= 0.6 is 0 Å². The molecule has 0 fully saturated rings. The van der Waals surface area contributed by atoms with E-state index in [0.29, 0.717) is 4.68 Å². The minimum atomic E-state index is -4.78. The Morgan fingerprint density at radius 3 is 2.55 bits per heavy atom. The summed E-state index contributed by atoms with van der Waals surface area (Å²) in [6.45, 7) is 1.47. The molecule has 2 heterocycles. The summed E-state index contributed by atoms with van der Waals surface area (Å²) in [5.74, 6) is -0.836. The zero-order valence-corrected chi connectivity index (χ0v) is 11.7. The van der Waals surface area contributed by atoms with Gasteiger partial charge in [-0.2, -0.15) is 18.3 Å². The molecule has 6 nitrogen and oxygen atoms in total. The monoisotopic (exact) mass is 315 g/mol. The number of nitrogens with zero attached hydrogens (tertiary/aromatic N) is 3. The highest BCUT2D eigenvalue weighted by Gasteiger charge is 2.41. The van der Waals surface area contributed by atoms with Crippen LogP contribution in [0.4, 0.5) is 13.2 Å². The van der Waals surface area contributed by atoms with Crippen LogP contribution in [0.3, 0.4) is 0 Å². The first-order valence-electron chi connectivity index (χ1n) is 6.21. The summed E-state index contributed by atoms with van der Waals surface area (Å²) < 4.78 is 49.8. The van der Waals surface area contributed by atoms with Gasteiger partial charge in [0.25, 0.3) is 0 Å². The van der Waals surface area contributed by atoms with Gasteiger partial charge in [0.2, 0.25) is 5.88 Å². The molecule has 0 atom stereocenters. The third-order valence-corrected chi connectivity index (χ3v) is 2.71. The Bertz CT molecular complexity index is 665. The average molecular weight is 315 g/mol. The Morgan fingerprint density at radius 2 is 2.05 bits per heavy atom. The second-order valence-corrected chi connectivity index (χ2v) is 4.10. The molecule has 0 amide bonds. The molecule has 2 rings (SSSR count). The SMILES string of the molecule is CCOC(=O)c1cnn(-c2ccc(OC)nc2)c1C(F)(F)F. The van der Waals surface area contributed by atoms with E-state index in [1.165, 1.54) is 26.2 Å². The second kappa shape index (κ2) is 6.04. The number of hydrogen-bond donors (Lipinski definition) is 0. The van der Waals surface area contributed by atoms with E-state index in [1.54, 1.807) is 0 Å². The van der Waals surface area contributed by atoms with Gasteiger partial charge in [0.05, 0.1) is 31.8 Å². The maximum absolute atomic E-state index is 13.3. The minimum absolute atomic E-state index is 0.0363. The van der Waals surface area contributed by atoms with Crippen LogP contribution in [0.25, 0.3) is 5.69 Å². The third kappa shape index (κ3) is 3.02. The van der Waals surface area contributed by atoms with E-state index >= 15 is 0 Å². The van der Waals surface area contributed by atoms with Crippen molar-refractivity contribution >= 4 is 5.97 Å². The third-order valence-electron chi connectivity index (χ3n) is 2.71. The lowest BCUT2D eigenvalue weighted by atomic mass is 10.2. The number of halogens is 3. The lowest BCUT2D eigenvalue weighted by molar-refractivity contribution is -0.143. The van der Waals surface area contributed by atoms with E-state index in [-0.39, 0.29) is 18.2 Å². The van der Waals surface area contributed by atoms with Gasteiger partial charge in [-0.1, -0.05) is 0 Å². The van der Waals surface area contributed by atoms with Crippen molar-refractivity contribution < 1.29 is 27.4 Å². The van der Waals surface area contributed by atoms with Crippen LogP contribution in [0.5, 0.6) is 5.88 Å². The summed E-state index contributed by atoms with van der Waals surface area (Å²) in [6.07, 6.45) is -2.79. The highest BCUT2D eigenvalue weighted by Crippen LogP contribution is 2.34. The van der Waals surface area contributed by atoms with Gasteiger partial charge in [0.1, 0.15) is 5.56 Å². The Balaban J connectivity index is 2.53. The van der Waals surface area contributed by atoms with Crippen LogP contribution in [0.2, 0.25) is 0 Å². The molecule has 0 radical (unpaired) electrons. The number of pyridine rings is 1. The Kier molecular flexibility index (Phi) is 4.34. The topological polar surface area (TPSA) is 66.2 Å².